The average Bonchev–Trinajstić information content (AvgIpc) is 2.72. The molecule has 2 bridgehead atoms. The summed E-state index contributed by atoms with van der Waals surface area (Å²) in [6.45, 7) is 9.72. The zero-order valence-corrected chi connectivity index (χ0v) is 12.5. The fourth-order valence-electron chi connectivity index (χ4n) is 5.08. The van der Waals surface area contributed by atoms with Crippen molar-refractivity contribution in [1.29, 1.82) is 0 Å². The largest absolute Gasteiger partial charge is 0.373 e. The Morgan fingerprint density at radius 1 is 1.00 bits per heavy atom. The lowest BCUT2D eigenvalue weighted by molar-refractivity contribution is 0.0664. The van der Waals surface area contributed by atoms with Crippen LogP contribution >= 0.6 is 0 Å². The molecule has 2 nitrogen and oxygen atoms in total. The van der Waals surface area contributed by atoms with Crippen LogP contribution in [0.2, 0.25) is 0 Å². The summed E-state index contributed by atoms with van der Waals surface area (Å²) in [5.41, 5.74) is 0.968. The molecular weight excluding hydrogens is 222 g/mol. The van der Waals surface area contributed by atoms with E-state index in [1.54, 1.807) is 0 Å². The molecule has 0 radical (unpaired) electrons. The molecule has 3 aliphatic rings. The molecule has 3 fully saturated rings. The summed E-state index contributed by atoms with van der Waals surface area (Å²) in [5, 5.41) is 3.94. The van der Waals surface area contributed by atoms with Gasteiger partial charge in [-0.15, -0.1) is 0 Å². The van der Waals surface area contributed by atoms with Crippen molar-refractivity contribution in [2.24, 2.45) is 10.8 Å². The minimum Gasteiger partial charge on any atom is -0.373 e. The molecule has 0 aromatic carbocycles. The third kappa shape index (κ3) is 2.60. The zero-order valence-electron chi connectivity index (χ0n) is 12.5. The highest BCUT2D eigenvalue weighted by Gasteiger charge is 2.44. The topological polar surface area (TPSA) is 21.3 Å². The molecule has 2 heteroatoms. The van der Waals surface area contributed by atoms with Gasteiger partial charge in [0.25, 0.3) is 0 Å². The van der Waals surface area contributed by atoms with Gasteiger partial charge in [-0.2, -0.15) is 0 Å². The summed E-state index contributed by atoms with van der Waals surface area (Å²) >= 11 is 0. The lowest BCUT2D eigenvalue weighted by atomic mass is 9.63. The molecular formula is C16H29NO. The number of ether oxygens (including phenoxy) is 1. The zero-order chi connectivity index (χ0) is 13.0. The molecule has 3 unspecified atom stereocenters. The summed E-state index contributed by atoms with van der Waals surface area (Å²) in [4.78, 5) is 0. The molecule has 0 aromatic heterocycles. The van der Waals surface area contributed by atoms with Crippen LogP contribution in [0.5, 0.6) is 0 Å². The van der Waals surface area contributed by atoms with Gasteiger partial charge in [-0.25, -0.2) is 0 Å². The molecule has 0 spiro atoms. The van der Waals surface area contributed by atoms with Crippen molar-refractivity contribution < 1.29 is 4.74 Å². The number of hydrogen-bond donors (Lipinski definition) is 1. The second kappa shape index (κ2) is 4.21. The van der Waals surface area contributed by atoms with Crippen molar-refractivity contribution in [3.63, 3.8) is 0 Å². The van der Waals surface area contributed by atoms with Gasteiger partial charge in [-0.1, -0.05) is 27.7 Å². The Balaban J connectivity index is 1.62. The van der Waals surface area contributed by atoms with E-state index >= 15 is 0 Å². The summed E-state index contributed by atoms with van der Waals surface area (Å²) < 4.78 is 5.97. The minimum absolute atomic E-state index is 0.484. The SMILES string of the molecule is CC1(C)CC(NC2CC3CCC2O3)CC(C)(C)C1. The Bertz CT molecular complexity index is 307. The summed E-state index contributed by atoms with van der Waals surface area (Å²) in [6.07, 6.45) is 8.91. The molecule has 2 aliphatic heterocycles. The van der Waals surface area contributed by atoms with Crippen molar-refractivity contribution in [1.82, 2.24) is 5.32 Å². The van der Waals surface area contributed by atoms with Crippen LogP contribution in [0.25, 0.3) is 0 Å². The van der Waals surface area contributed by atoms with Gasteiger partial charge in [0.05, 0.1) is 12.2 Å². The van der Waals surface area contributed by atoms with Crippen LogP contribution in [0.3, 0.4) is 0 Å². The van der Waals surface area contributed by atoms with Crippen LogP contribution in [0.15, 0.2) is 0 Å². The molecule has 2 saturated heterocycles. The Kier molecular flexibility index (Phi) is 3.02. The second-order valence-corrected chi connectivity index (χ2v) is 8.49. The van der Waals surface area contributed by atoms with Crippen molar-refractivity contribution >= 4 is 0 Å². The maximum absolute atomic E-state index is 5.97. The number of rotatable bonds is 2. The fourth-order valence-corrected chi connectivity index (χ4v) is 5.08. The minimum atomic E-state index is 0.484. The van der Waals surface area contributed by atoms with Crippen LogP contribution < -0.4 is 5.32 Å². The van der Waals surface area contributed by atoms with Crippen LogP contribution in [0.1, 0.15) is 66.2 Å². The smallest absolute Gasteiger partial charge is 0.0733 e. The average molecular weight is 251 g/mol. The molecule has 2 heterocycles. The van der Waals surface area contributed by atoms with Gasteiger partial charge in [-0.05, 0) is 49.4 Å². The van der Waals surface area contributed by atoms with Gasteiger partial charge < -0.3 is 10.1 Å². The third-order valence-corrected chi connectivity index (χ3v) is 5.11. The van der Waals surface area contributed by atoms with E-state index in [9.17, 15) is 0 Å². The van der Waals surface area contributed by atoms with Crippen molar-refractivity contribution in [3.05, 3.63) is 0 Å². The Morgan fingerprint density at radius 2 is 1.67 bits per heavy atom. The summed E-state index contributed by atoms with van der Waals surface area (Å²) in [5.74, 6) is 0. The van der Waals surface area contributed by atoms with Crippen LogP contribution in [-0.2, 0) is 4.74 Å². The third-order valence-electron chi connectivity index (χ3n) is 5.11. The van der Waals surface area contributed by atoms with E-state index in [1.165, 1.54) is 38.5 Å². The number of fused-ring (bicyclic) bond motifs is 2. The molecule has 1 N–H and O–H groups in total. The molecule has 18 heavy (non-hydrogen) atoms. The van der Waals surface area contributed by atoms with Gasteiger partial charge in [0.1, 0.15) is 0 Å². The van der Waals surface area contributed by atoms with E-state index in [0.29, 0.717) is 35.1 Å². The molecule has 0 amide bonds. The van der Waals surface area contributed by atoms with E-state index in [-0.39, 0.29) is 0 Å². The van der Waals surface area contributed by atoms with Crippen molar-refractivity contribution in [2.75, 3.05) is 0 Å². The van der Waals surface area contributed by atoms with E-state index in [4.69, 9.17) is 4.74 Å². The summed E-state index contributed by atoms with van der Waals surface area (Å²) in [6, 6.07) is 1.33. The van der Waals surface area contributed by atoms with Crippen LogP contribution in [0.4, 0.5) is 0 Å². The van der Waals surface area contributed by atoms with Gasteiger partial charge in [0.2, 0.25) is 0 Å². The van der Waals surface area contributed by atoms with Gasteiger partial charge >= 0.3 is 0 Å². The second-order valence-electron chi connectivity index (χ2n) is 8.49. The molecule has 1 aliphatic carbocycles. The number of hydrogen-bond acceptors (Lipinski definition) is 2. The Morgan fingerprint density at radius 3 is 2.17 bits per heavy atom. The maximum Gasteiger partial charge on any atom is 0.0733 e. The van der Waals surface area contributed by atoms with E-state index in [2.05, 4.69) is 33.0 Å². The van der Waals surface area contributed by atoms with Crippen LogP contribution in [-0.4, -0.2) is 24.3 Å². The van der Waals surface area contributed by atoms with Gasteiger partial charge in [0.15, 0.2) is 0 Å². The maximum atomic E-state index is 5.97. The lowest BCUT2D eigenvalue weighted by Gasteiger charge is -2.46. The highest BCUT2D eigenvalue weighted by molar-refractivity contribution is 4.99. The van der Waals surface area contributed by atoms with Gasteiger partial charge in [0, 0.05) is 12.1 Å². The van der Waals surface area contributed by atoms with Crippen LogP contribution in [0, 0.1) is 10.8 Å². The first-order valence-electron chi connectivity index (χ1n) is 7.75. The molecule has 3 rings (SSSR count). The molecule has 104 valence electrons. The van der Waals surface area contributed by atoms with E-state index < -0.39 is 0 Å². The van der Waals surface area contributed by atoms with E-state index in [1.807, 2.05) is 0 Å². The predicted molar refractivity (Wildman–Crippen MR) is 74.6 cm³/mol. The molecule has 3 atom stereocenters. The fraction of sp³-hybridized carbons (Fsp3) is 1.00. The first kappa shape index (κ1) is 12.9. The monoisotopic (exact) mass is 251 g/mol. The van der Waals surface area contributed by atoms with E-state index in [0.717, 1.165) is 0 Å². The standard InChI is InChI=1S/C16H29NO/c1-15(2)8-11(9-16(3,4)10-15)17-13-7-12-5-6-14(13)18-12/h11-14,17H,5-10H2,1-4H3. The Labute approximate surface area is 112 Å². The highest BCUT2D eigenvalue weighted by atomic mass is 16.5. The quantitative estimate of drug-likeness (QED) is 0.811. The van der Waals surface area contributed by atoms with Gasteiger partial charge in [-0.3, -0.25) is 0 Å². The first-order valence-corrected chi connectivity index (χ1v) is 7.75. The highest BCUT2D eigenvalue weighted by Crippen LogP contribution is 2.46. The normalized spacial score (nSPS) is 42.3. The molecule has 1 saturated carbocycles. The molecule has 0 aromatic rings. The predicted octanol–water partition coefficient (Wildman–Crippen LogP) is 3.50. The number of nitrogens with one attached hydrogen (secondary N) is 1. The Hall–Kier alpha value is -0.0800. The van der Waals surface area contributed by atoms with Crippen molar-refractivity contribution in [3.8, 4) is 0 Å². The lowest BCUT2D eigenvalue weighted by Crippen LogP contribution is -2.50. The summed E-state index contributed by atoms with van der Waals surface area (Å²) in [7, 11) is 0. The van der Waals surface area contributed by atoms with Crippen molar-refractivity contribution in [2.45, 2.75) is 90.5 Å². The first-order chi connectivity index (χ1) is 8.33.